The summed E-state index contributed by atoms with van der Waals surface area (Å²) >= 11 is 0. The van der Waals surface area contributed by atoms with E-state index in [0.717, 1.165) is 32.4 Å². The minimum absolute atomic E-state index is 0.117. The summed E-state index contributed by atoms with van der Waals surface area (Å²) in [7, 11) is 0. The standard InChI is InChI=1S/C16H27NO2/c1-11(2)13-10-17(15(18)19-12-6-7-12)9-8-14(13)16(3,4)5/h11-12H,6-10H2,1-5H3. The average Bonchev–Trinajstić information content (AvgIpc) is 3.10. The van der Waals surface area contributed by atoms with E-state index >= 15 is 0 Å². The Bertz CT molecular complexity index is 386. The van der Waals surface area contributed by atoms with Crippen LogP contribution in [0.5, 0.6) is 0 Å². The van der Waals surface area contributed by atoms with Gasteiger partial charge in [0.2, 0.25) is 0 Å². The first-order chi connectivity index (χ1) is 8.79. The smallest absolute Gasteiger partial charge is 0.410 e. The highest BCUT2D eigenvalue weighted by molar-refractivity contribution is 5.69. The topological polar surface area (TPSA) is 29.5 Å². The van der Waals surface area contributed by atoms with E-state index < -0.39 is 0 Å². The second-order valence-corrected chi connectivity index (χ2v) is 7.16. The Morgan fingerprint density at radius 3 is 2.42 bits per heavy atom. The van der Waals surface area contributed by atoms with E-state index in [1.54, 1.807) is 0 Å². The van der Waals surface area contributed by atoms with Crippen LogP contribution >= 0.6 is 0 Å². The van der Waals surface area contributed by atoms with Crippen LogP contribution in [0.3, 0.4) is 0 Å². The molecule has 0 aromatic heterocycles. The number of carbonyl (C=O) groups excluding carboxylic acids is 1. The Kier molecular flexibility index (Phi) is 3.93. The van der Waals surface area contributed by atoms with Gasteiger partial charge in [0.05, 0.1) is 0 Å². The molecule has 0 unspecified atom stereocenters. The number of nitrogens with zero attached hydrogens (tertiary/aromatic N) is 1. The predicted octanol–water partition coefficient (Wildman–Crippen LogP) is 3.99. The Hall–Kier alpha value is -0.990. The lowest BCUT2D eigenvalue weighted by Gasteiger charge is -2.37. The monoisotopic (exact) mass is 265 g/mol. The maximum absolute atomic E-state index is 12.1. The molecule has 0 atom stereocenters. The van der Waals surface area contributed by atoms with Crippen molar-refractivity contribution in [1.82, 2.24) is 4.90 Å². The fraction of sp³-hybridized carbons (Fsp3) is 0.812. The SMILES string of the molecule is CC(C)C1=C(C(C)(C)C)CCN(C(=O)OC2CC2)C1. The van der Waals surface area contributed by atoms with Gasteiger partial charge in [-0.15, -0.1) is 0 Å². The molecule has 1 amide bonds. The molecule has 0 aromatic rings. The van der Waals surface area contributed by atoms with Gasteiger partial charge in [-0.05, 0) is 36.2 Å². The van der Waals surface area contributed by atoms with E-state index in [4.69, 9.17) is 4.74 Å². The molecule has 0 saturated heterocycles. The van der Waals surface area contributed by atoms with Crippen LogP contribution in [-0.2, 0) is 4.74 Å². The zero-order valence-corrected chi connectivity index (χ0v) is 13.0. The average molecular weight is 265 g/mol. The third kappa shape index (κ3) is 3.52. The molecule has 0 bridgehead atoms. The van der Waals surface area contributed by atoms with Gasteiger partial charge in [0.25, 0.3) is 0 Å². The van der Waals surface area contributed by atoms with Crippen LogP contribution in [-0.4, -0.2) is 30.2 Å². The summed E-state index contributed by atoms with van der Waals surface area (Å²) in [5, 5.41) is 0. The van der Waals surface area contributed by atoms with Gasteiger partial charge in [0.15, 0.2) is 0 Å². The molecule has 0 spiro atoms. The maximum atomic E-state index is 12.1. The number of hydrogen-bond donors (Lipinski definition) is 0. The van der Waals surface area contributed by atoms with Crippen LogP contribution in [0.1, 0.15) is 53.9 Å². The zero-order chi connectivity index (χ0) is 14.2. The first-order valence-electron chi connectivity index (χ1n) is 7.47. The molecule has 3 heteroatoms. The molecule has 108 valence electrons. The number of carbonyl (C=O) groups is 1. The van der Waals surface area contributed by atoms with E-state index in [-0.39, 0.29) is 17.6 Å². The number of amides is 1. The molecule has 2 aliphatic rings. The maximum Gasteiger partial charge on any atom is 0.410 e. The summed E-state index contributed by atoms with van der Waals surface area (Å²) in [5.74, 6) is 0.491. The molecule has 1 aliphatic carbocycles. The number of hydrogen-bond acceptors (Lipinski definition) is 2. The summed E-state index contributed by atoms with van der Waals surface area (Å²) in [4.78, 5) is 13.9. The van der Waals surface area contributed by atoms with Crippen molar-refractivity contribution in [3.63, 3.8) is 0 Å². The van der Waals surface area contributed by atoms with Gasteiger partial charge in [0, 0.05) is 13.1 Å². The second-order valence-electron chi connectivity index (χ2n) is 7.16. The predicted molar refractivity (Wildman–Crippen MR) is 77.0 cm³/mol. The van der Waals surface area contributed by atoms with Crippen LogP contribution < -0.4 is 0 Å². The summed E-state index contributed by atoms with van der Waals surface area (Å²) in [5.41, 5.74) is 3.15. The van der Waals surface area contributed by atoms with Gasteiger partial charge in [-0.25, -0.2) is 4.79 Å². The van der Waals surface area contributed by atoms with Crippen molar-refractivity contribution in [3.8, 4) is 0 Å². The molecule has 3 nitrogen and oxygen atoms in total. The molecule has 0 N–H and O–H groups in total. The summed E-state index contributed by atoms with van der Waals surface area (Å²) in [6, 6.07) is 0. The Morgan fingerprint density at radius 1 is 1.32 bits per heavy atom. The fourth-order valence-electron chi connectivity index (χ4n) is 2.73. The third-order valence-corrected chi connectivity index (χ3v) is 4.03. The Balaban J connectivity index is 2.10. The quantitative estimate of drug-likeness (QED) is 0.706. The minimum Gasteiger partial charge on any atom is -0.446 e. The fourth-order valence-corrected chi connectivity index (χ4v) is 2.73. The van der Waals surface area contributed by atoms with Crippen molar-refractivity contribution < 1.29 is 9.53 Å². The largest absolute Gasteiger partial charge is 0.446 e. The van der Waals surface area contributed by atoms with Crippen molar-refractivity contribution in [2.75, 3.05) is 13.1 Å². The van der Waals surface area contributed by atoms with Gasteiger partial charge >= 0.3 is 6.09 Å². The third-order valence-electron chi connectivity index (χ3n) is 4.03. The van der Waals surface area contributed by atoms with Crippen LogP contribution in [0.2, 0.25) is 0 Å². The molecule has 0 aromatic carbocycles. The lowest BCUT2D eigenvalue weighted by molar-refractivity contribution is 0.0955. The first-order valence-corrected chi connectivity index (χ1v) is 7.47. The van der Waals surface area contributed by atoms with Crippen molar-refractivity contribution in [2.24, 2.45) is 11.3 Å². The highest BCUT2D eigenvalue weighted by Crippen LogP contribution is 2.37. The van der Waals surface area contributed by atoms with Gasteiger partial charge in [-0.2, -0.15) is 0 Å². The number of ether oxygens (including phenoxy) is 1. The first kappa shape index (κ1) is 14.4. The lowest BCUT2D eigenvalue weighted by atomic mass is 9.77. The molecular weight excluding hydrogens is 238 g/mol. The van der Waals surface area contributed by atoms with Crippen LogP contribution in [0.25, 0.3) is 0 Å². The van der Waals surface area contributed by atoms with Gasteiger partial charge in [-0.3, -0.25) is 0 Å². The van der Waals surface area contributed by atoms with E-state index in [1.807, 2.05) is 4.90 Å². The summed E-state index contributed by atoms with van der Waals surface area (Å²) in [6.45, 7) is 12.8. The lowest BCUT2D eigenvalue weighted by Crippen LogP contribution is -2.40. The van der Waals surface area contributed by atoms with Crippen molar-refractivity contribution >= 4 is 6.09 Å². The van der Waals surface area contributed by atoms with Crippen molar-refractivity contribution in [2.45, 2.75) is 60.0 Å². The van der Waals surface area contributed by atoms with E-state index in [0.29, 0.717) is 5.92 Å². The number of rotatable bonds is 2. The molecular formula is C16H27NO2. The molecule has 1 saturated carbocycles. The van der Waals surface area contributed by atoms with Crippen LogP contribution in [0.15, 0.2) is 11.1 Å². The molecule has 0 radical (unpaired) electrons. The summed E-state index contributed by atoms with van der Waals surface area (Å²) < 4.78 is 5.41. The van der Waals surface area contributed by atoms with Gasteiger partial charge in [0.1, 0.15) is 6.10 Å². The highest BCUT2D eigenvalue weighted by atomic mass is 16.6. The zero-order valence-electron chi connectivity index (χ0n) is 13.0. The molecule has 1 heterocycles. The van der Waals surface area contributed by atoms with Crippen LogP contribution in [0, 0.1) is 11.3 Å². The van der Waals surface area contributed by atoms with E-state index in [1.165, 1.54) is 11.1 Å². The van der Waals surface area contributed by atoms with E-state index in [9.17, 15) is 4.79 Å². The minimum atomic E-state index is -0.117. The highest BCUT2D eigenvalue weighted by Gasteiger charge is 2.33. The van der Waals surface area contributed by atoms with Crippen molar-refractivity contribution in [3.05, 3.63) is 11.1 Å². The van der Waals surface area contributed by atoms with E-state index in [2.05, 4.69) is 34.6 Å². The van der Waals surface area contributed by atoms with Crippen molar-refractivity contribution in [1.29, 1.82) is 0 Å². The molecule has 1 fully saturated rings. The normalized spacial score (nSPS) is 21.1. The molecule has 2 rings (SSSR count). The molecule has 19 heavy (non-hydrogen) atoms. The Morgan fingerprint density at radius 2 is 1.95 bits per heavy atom. The summed E-state index contributed by atoms with van der Waals surface area (Å²) in [6.07, 6.45) is 3.15. The second kappa shape index (κ2) is 5.18. The molecule has 1 aliphatic heterocycles. The van der Waals surface area contributed by atoms with Crippen LogP contribution in [0.4, 0.5) is 4.79 Å². The Labute approximate surface area is 117 Å². The van der Waals surface area contributed by atoms with Gasteiger partial charge in [-0.1, -0.05) is 40.2 Å². The van der Waals surface area contributed by atoms with Gasteiger partial charge < -0.3 is 9.64 Å².